The number of nitrogens with two attached hydrogens (primary N) is 1. The number of primary amides is 1. The predicted molar refractivity (Wildman–Crippen MR) is 95.3 cm³/mol. The maximum absolute atomic E-state index is 12.5. The summed E-state index contributed by atoms with van der Waals surface area (Å²) in [4.78, 5) is 24.3. The molecule has 3 unspecified atom stereocenters. The zero-order valence-corrected chi connectivity index (χ0v) is 14.1. The number of carbonyl (C=O) groups excluding carboxylic acids is 2. The average molecular weight is 324 g/mol. The van der Waals surface area contributed by atoms with E-state index in [1.165, 1.54) is 0 Å². The number of hydrogen-bond donors (Lipinski definition) is 2. The maximum atomic E-state index is 12.5. The predicted octanol–water partition coefficient (Wildman–Crippen LogP) is 2.64. The second-order valence-electron chi connectivity index (χ2n) is 6.13. The van der Waals surface area contributed by atoms with Gasteiger partial charge in [-0.1, -0.05) is 60.7 Å². The first kappa shape index (κ1) is 17.7. The Morgan fingerprint density at radius 1 is 0.958 bits per heavy atom. The molecule has 2 amide bonds. The van der Waals surface area contributed by atoms with Gasteiger partial charge in [-0.05, 0) is 31.4 Å². The van der Waals surface area contributed by atoms with Gasteiger partial charge < -0.3 is 11.1 Å². The number of nitrogens with one attached hydrogen (secondary N) is 1. The van der Waals surface area contributed by atoms with Crippen molar-refractivity contribution in [2.24, 2.45) is 11.7 Å². The van der Waals surface area contributed by atoms with E-state index in [4.69, 9.17) is 5.73 Å². The first-order chi connectivity index (χ1) is 11.5. The first-order valence-electron chi connectivity index (χ1n) is 8.17. The van der Waals surface area contributed by atoms with Crippen LogP contribution in [0, 0.1) is 5.92 Å². The van der Waals surface area contributed by atoms with Crippen molar-refractivity contribution in [1.82, 2.24) is 5.32 Å². The van der Waals surface area contributed by atoms with Gasteiger partial charge in [-0.2, -0.15) is 0 Å². The van der Waals surface area contributed by atoms with Crippen LogP contribution in [0.15, 0.2) is 60.7 Å². The fraction of sp³-hybridized carbons (Fsp3) is 0.300. The molecule has 0 fully saturated rings. The standard InChI is InChI=1S/C20H24N2O2/c1-14(17-11-7-4-8-12-17)20(24)22-15(2)18(19(21)23)13-16-9-5-3-6-10-16/h3-12,14-15,18H,13H2,1-2H3,(H2,21,23)(H,22,24). The average Bonchev–Trinajstić information content (AvgIpc) is 2.60. The molecule has 0 aromatic heterocycles. The van der Waals surface area contributed by atoms with E-state index >= 15 is 0 Å². The van der Waals surface area contributed by atoms with Crippen LogP contribution in [-0.4, -0.2) is 17.9 Å². The molecular formula is C20H24N2O2. The molecule has 3 atom stereocenters. The van der Waals surface area contributed by atoms with Crippen LogP contribution in [0.2, 0.25) is 0 Å². The topological polar surface area (TPSA) is 72.2 Å². The van der Waals surface area contributed by atoms with Crippen LogP contribution in [0.1, 0.15) is 30.9 Å². The lowest BCUT2D eigenvalue weighted by atomic mass is 9.91. The summed E-state index contributed by atoms with van der Waals surface area (Å²) < 4.78 is 0. The number of hydrogen-bond acceptors (Lipinski definition) is 2. The molecule has 126 valence electrons. The molecule has 0 aliphatic rings. The second-order valence-corrected chi connectivity index (χ2v) is 6.13. The Balaban J connectivity index is 2.03. The minimum Gasteiger partial charge on any atom is -0.369 e. The molecule has 0 radical (unpaired) electrons. The lowest BCUT2D eigenvalue weighted by molar-refractivity contribution is -0.125. The van der Waals surface area contributed by atoms with Gasteiger partial charge in [0.25, 0.3) is 0 Å². The van der Waals surface area contributed by atoms with Crippen molar-refractivity contribution in [3.63, 3.8) is 0 Å². The summed E-state index contributed by atoms with van der Waals surface area (Å²) in [5.74, 6) is -1.23. The van der Waals surface area contributed by atoms with Crippen LogP contribution < -0.4 is 11.1 Å². The summed E-state index contributed by atoms with van der Waals surface area (Å²) in [6.45, 7) is 3.68. The van der Waals surface area contributed by atoms with Crippen LogP contribution >= 0.6 is 0 Å². The smallest absolute Gasteiger partial charge is 0.227 e. The molecule has 4 nitrogen and oxygen atoms in total. The van der Waals surface area contributed by atoms with E-state index in [9.17, 15) is 9.59 Å². The van der Waals surface area contributed by atoms with Gasteiger partial charge in [0.1, 0.15) is 0 Å². The number of rotatable bonds is 7. The molecule has 0 heterocycles. The first-order valence-corrected chi connectivity index (χ1v) is 8.17. The molecule has 0 aliphatic carbocycles. The van der Waals surface area contributed by atoms with Crippen molar-refractivity contribution in [1.29, 1.82) is 0 Å². The summed E-state index contributed by atoms with van der Waals surface area (Å²) >= 11 is 0. The summed E-state index contributed by atoms with van der Waals surface area (Å²) in [5, 5.41) is 2.94. The van der Waals surface area contributed by atoms with Gasteiger partial charge in [0.05, 0.1) is 11.8 Å². The summed E-state index contributed by atoms with van der Waals surface area (Å²) in [5.41, 5.74) is 7.53. The molecule has 4 heteroatoms. The van der Waals surface area contributed by atoms with Crippen LogP contribution in [0.4, 0.5) is 0 Å². The Bertz CT molecular complexity index is 671. The number of carbonyl (C=O) groups is 2. The Labute approximate surface area is 143 Å². The normalized spacial score (nSPS) is 14.4. The highest BCUT2D eigenvalue weighted by molar-refractivity contribution is 5.85. The molecular weight excluding hydrogens is 300 g/mol. The Hall–Kier alpha value is -2.62. The van der Waals surface area contributed by atoms with Crippen LogP contribution in [0.25, 0.3) is 0 Å². The molecule has 0 spiro atoms. The van der Waals surface area contributed by atoms with Gasteiger partial charge in [-0.3, -0.25) is 9.59 Å². The Kier molecular flexibility index (Phi) is 6.13. The van der Waals surface area contributed by atoms with Crippen molar-refractivity contribution >= 4 is 11.8 Å². The van der Waals surface area contributed by atoms with E-state index in [0.717, 1.165) is 11.1 Å². The fourth-order valence-corrected chi connectivity index (χ4v) is 2.73. The molecule has 0 saturated carbocycles. The molecule has 3 N–H and O–H groups in total. The van der Waals surface area contributed by atoms with Crippen molar-refractivity contribution in [2.45, 2.75) is 32.2 Å². The van der Waals surface area contributed by atoms with Crippen LogP contribution in [0.3, 0.4) is 0 Å². The van der Waals surface area contributed by atoms with Gasteiger partial charge in [0.15, 0.2) is 0 Å². The van der Waals surface area contributed by atoms with E-state index in [1.54, 1.807) is 0 Å². The largest absolute Gasteiger partial charge is 0.369 e. The zero-order chi connectivity index (χ0) is 17.5. The Morgan fingerprint density at radius 3 is 2.04 bits per heavy atom. The van der Waals surface area contributed by atoms with E-state index in [2.05, 4.69) is 5.32 Å². The highest BCUT2D eigenvalue weighted by atomic mass is 16.2. The molecule has 2 aromatic carbocycles. The molecule has 2 aromatic rings. The van der Waals surface area contributed by atoms with E-state index in [1.807, 2.05) is 74.5 Å². The van der Waals surface area contributed by atoms with Gasteiger partial charge >= 0.3 is 0 Å². The zero-order valence-electron chi connectivity index (χ0n) is 14.1. The highest BCUT2D eigenvalue weighted by Crippen LogP contribution is 2.17. The molecule has 0 saturated heterocycles. The van der Waals surface area contributed by atoms with Crippen molar-refractivity contribution < 1.29 is 9.59 Å². The van der Waals surface area contributed by atoms with E-state index < -0.39 is 11.8 Å². The van der Waals surface area contributed by atoms with Crippen LogP contribution in [-0.2, 0) is 16.0 Å². The number of benzene rings is 2. The molecule has 0 aliphatic heterocycles. The second kappa shape index (κ2) is 8.29. The summed E-state index contributed by atoms with van der Waals surface area (Å²) in [7, 11) is 0. The SMILES string of the molecule is CC(C(=O)NC(C)C(Cc1ccccc1)C(N)=O)c1ccccc1. The fourth-order valence-electron chi connectivity index (χ4n) is 2.73. The third-order valence-corrected chi connectivity index (χ3v) is 4.33. The molecule has 24 heavy (non-hydrogen) atoms. The summed E-state index contributed by atoms with van der Waals surface area (Å²) in [6, 6.07) is 18.9. The Morgan fingerprint density at radius 2 is 1.50 bits per heavy atom. The van der Waals surface area contributed by atoms with Gasteiger partial charge in [-0.15, -0.1) is 0 Å². The number of amides is 2. The van der Waals surface area contributed by atoms with E-state index in [0.29, 0.717) is 6.42 Å². The van der Waals surface area contributed by atoms with Crippen molar-refractivity contribution in [3.05, 3.63) is 71.8 Å². The molecule has 0 bridgehead atoms. The van der Waals surface area contributed by atoms with Crippen molar-refractivity contribution in [2.75, 3.05) is 0 Å². The summed E-state index contributed by atoms with van der Waals surface area (Å²) in [6.07, 6.45) is 0.511. The van der Waals surface area contributed by atoms with Gasteiger partial charge in [0, 0.05) is 6.04 Å². The lowest BCUT2D eigenvalue weighted by Crippen LogP contribution is -2.45. The van der Waals surface area contributed by atoms with E-state index in [-0.39, 0.29) is 17.9 Å². The maximum Gasteiger partial charge on any atom is 0.227 e. The quantitative estimate of drug-likeness (QED) is 0.822. The van der Waals surface area contributed by atoms with Gasteiger partial charge in [0.2, 0.25) is 11.8 Å². The third kappa shape index (κ3) is 4.69. The van der Waals surface area contributed by atoms with Gasteiger partial charge in [-0.25, -0.2) is 0 Å². The monoisotopic (exact) mass is 324 g/mol. The lowest BCUT2D eigenvalue weighted by Gasteiger charge is -2.24. The minimum absolute atomic E-state index is 0.104. The minimum atomic E-state index is -0.445. The van der Waals surface area contributed by atoms with Crippen LogP contribution in [0.5, 0.6) is 0 Å². The molecule has 2 rings (SSSR count). The van der Waals surface area contributed by atoms with Crippen molar-refractivity contribution in [3.8, 4) is 0 Å². The third-order valence-electron chi connectivity index (χ3n) is 4.33. The highest BCUT2D eigenvalue weighted by Gasteiger charge is 2.26.